The topological polar surface area (TPSA) is 132 Å². The van der Waals surface area contributed by atoms with Crippen LogP contribution in [0.3, 0.4) is 0 Å². The quantitative estimate of drug-likeness (QED) is 0.155. The van der Waals surface area contributed by atoms with Gasteiger partial charge < -0.3 is 15.9 Å². The Bertz CT molecular complexity index is 1250. The van der Waals surface area contributed by atoms with Crippen molar-refractivity contribution < 1.29 is 9.53 Å². The summed E-state index contributed by atoms with van der Waals surface area (Å²) >= 11 is 2.58. The lowest BCUT2D eigenvalue weighted by molar-refractivity contribution is -0.113. The van der Waals surface area contributed by atoms with Gasteiger partial charge in [0.05, 0.1) is 28.8 Å². The van der Waals surface area contributed by atoms with Crippen LogP contribution in [0.2, 0.25) is 0 Å². The molecule has 0 unspecified atom stereocenters. The summed E-state index contributed by atoms with van der Waals surface area (Å²) in [5.41, 5.74) is 5.26. The fraction of sp³-hybridized carbons (Fsp3) is 0.150. The van der Waals surface area contributed by atoms with Crippen molar-refractivity contribution in [2.45, 2.75) is 12.1 Å². The Balaban J connectivity index is 1.34. The second-order valence-corrected chi connectivity index (χ2v) is 8.51. The fourth-order valence-corrected chi connectivity index (χ4v) is 4.25. The van der Waals surface area contributed by atoms with Gasteiger partial charge in [-0.1, -0.05) is 47.4 Å². The standard InChI is InChI=1S/C20H20N8O2S2/c1-12(13-6-5-7-14(10-13)30-2)24-25-18-26-27-20(28(18)21)31-11-17(29)23-19-22-15-8-3-4-9-16(15)32-19/h3-10H,11,21H2,1-2H3,(H,25,26)(H,22,23,29)/b24-12+. The molecule has 0 radical (unpaired) electrons. The van der Waals surface area contributed by atoms with Crippen LogP contribution in [-0.4, -0.2) is 44.3 Å². The third kappa shape index (κ3) is 4.98. The first-order chi connectivity index (χ1) is 15.5. The van der Waals surface area contributed by atoms with Gasteiger partial charge in [-0.3, -0.25) is 4.79 Å². The van der Waals surface area contributed by atoms with Gasteiger partial charge in [-0.05, 0) is 31.2 Å². The number of nitrogens with zero attached hydrogens (tertiary/aromatic N) is 5. The number of nitrogens with two attached hydrogens (primary N) is 1. The number of carbonyl (C=O) groups is 1. The van der Waals surface area contributed by atoms with Gasteiger partial charge in [0.1, 0.15) is 5.75 Å². The predicted octanol–water partition coefficient (Wildman–Crippen LogP) is 3.18. The van der Waals surface area contributed by atoms with E-state index in [0.717, 1.165) is 39.0 Å². The lowest BCUT2D eigenvalue weighted by Crippen LogP contribution is -2.17. The van der Waals surface area contributed by atoms with Crippen molar-refractivity contribution in [3.05, 3.63) is 54.1 Å². The van der Waals surface area contributed by atoms with Crippen molar-refractivity contribution in [3.63, 3.8) is 0 Å². The highest BCUT2D eigenvalue weighted by Gasteiger charge is 2.13. The number of anilines is 2. The largest absolute Gasteiger partial charge is 0.497 e. The Morgan fingerprint density at radius 2 is 2.09 bits per heavy atom. The highest BCUT2D eigenvalue weighted by Crippen LogP contribution is 2.26. The minimum atomic E-state index is -0.210. The number of aromatic nitrogens is 4. The molecule has 0 saturated carbocycles. The van der Waals surface area contributed by atoms with Crippen LogP contribution in [0.25, 0.3) is 10.2 Å². The maximum Gasteiger partial charge on any atom is 0.264 e. The summed E-state index contributed by atoms with van der Waals surface area (Å²) in [6.45, 7) is 1.85. The summed E-state index contributed by atoms with van der Waals surface area (Å²) in [6.07, 6.45) is 0. The van der Waals surface area contributed by atoms with Crippen LogP contribution in [0.15, 0.2) is 58.8 Å². The monoisotopic (exact) mass is 468 g/mol. The van der Waals surface area contributed by atoms with Crippen LogP contribution < -0.4 is 21.3 Å². The predicted molar refractivity (Wildman–Crippen MR) is 128 cm³/mol. The van der Waals surface area contributed by atoms with Crippen LogP contribution in [0.4, 0.5) is 11.1 Å². The summed E-state index contributed by atoms with van der Waals surface area (Å²) in [6, 6.07) is 15.2. The van der Waals surface area contributed by atoms with E-state index in [1.54, 1.807) is 7.11 Å². The minimum Gasteiger partial charge on any atom is -0.497 e. The van der Waals surface area contributed by atoms with Crippen molar-refractivity contribution in [2.75, 3.05) is 29.4 Å². The molecule has 0 aliphatic heterocycles. The number of methoxy groups -OCH3 is 1. The number of ether oxygens (including phenoxy) is 1. The second kappa shape index (κ2) is 9.66. The first-order valence-corrected chi connectivity index (χ1v) is 11.3. The molecule has 4 aromatic rings. The first-order valence-electron chi connectivity index (χ1n) is 9.47. The van der Waals surface area contributed by atoms with Crippen LogP contribution in [0.1, 0.15) is 12.5 Å². The third-order valence-electron chi connectivity index (χ3n) is 4.35. The highest BCUT2D eigenvalue weighted by atomic mass is 32.2. The molecular formula is C20H20N8O2S2. The number of rotatable bonds is 8. The molecule has 4 rings (SSSR count). The lowest BCUT2D eigenvalue weighted by Gasteiger charge is -2.06. The van der Waals surface area contributed by atoms with Crippen LogP contribution in [0.5, 0.6) is 5.75 Å². The number of benzene rings is 2. The molecule has 0 spiro atoms. The van der Waals surface area contributed by atoms with E-state index in [9.17, 15) is 4.79 Å². The molecule has 0 aliphatic carbocycles. The van der Waals surface area contributed by atoms with Crippen LogP contribution in [0, 0.1) is 0 Å². The van der Waals surface area contributed by atoms with E-state index in [1.807, 2.05) is 55.5 Å². The average Bonchev–Trinajstić information content (AvgIpc) is 3.38. The maximum absolute atomic E-state index is 12.3. The fourth-order valence-electron chi connectivity index (χ4n) is 2.71. The van der Waals surface area contributed by atoms with E-state index < -0.39 is 0 Å². The molecule has 164 valence electrons. The summed E-state index contributed by atoms with van der Waals surface area (Å²) < 4.78 is 7.49. The average molecular weight is 469 g/mol. The number of hydrogen-bond acceptors (Lipinski definition) is 10. The molecule has 2 heterocycles. The molecule has 1 amide bonds. The number of thioether (sulfide) groups is 1. The Hall–Kier alpha value is -3.64. The van der Waals surface area contributed by atoms with E-state index >= 15 is 0 Å². The Kier molecular flexibility index (Phi) is 6.52. The third-order valence-corrected chi connectivity index (χ3v) is 6.24. The van der Waals surface area contributed by atoms with Crippen LogP contribution >= 0.6 is 23.1 Å². The number of carbonyl (C=O) groups excluding carboxylic acids is 1. The molecule has 10 nitrogen and oxygen atoms in total. The number of thiazole rings is 1. The number of hydrazone groups is 1. The van der Waals surface area contributed by atoms with Gasteiger partial charge in [0.2, 0.25) is 11.1 Å². The van der Waals surface area contributed by atoms with E-state index in [-0.39, 0.29) is 17.6 Å². The Morgan fingerprint density at radius 1 is 1.25 bits per heavy atom. The zero-order chi connectivity index (χ0) is 22.5. The van der Waals surface area contributed by atoms with Gasteiger partial charge in [0.25, 0.3) is 5.95 Å². The molecule has 32 heavy (non-hydrogen) atoms. The molecule has 2 aromatic carbocycles. The number of nitrogen functional groups attached to an aromatic ring is 1. The number of fused-ring (bicyclic) bond motifs is 1. The zero-order valence-electron chi connectivity index (χ0n) is 17.3. The van der Waals surface area contributed by atoms with Gasteiger partial charge in [-0.2, -0.15) is 5.10 Å². The van der Waals surface area contributed by atoms with Crippen molar-refractivity contribution in [3.8, 4) is 5.75 Å². The van der Waals surface area contributed by atoms with E-state index in [1.165, 1.54) is 16.0 Å². The molecule has 0 aliphatic rings. The van der Waals surface area contributed by atoms with Crippen molar-refractivity contribution in [1.82, 2.24) is 19.9 Å². The molecule has 0 fully saturated rings. The Labute approximate surface area is 191 Å². The molecule has 0 saturated heterocycles. The maximum atomic E-state index is 12.3. The SMILES string of the molecule is COc1cccc(/C(C)=N/Nc2nnc(SCC(=O)Nc3nc4ccccc4s3)n2N)c1. The van der Waals surface area contributed by atoms with Gasteiger partial charge in [-0.15, -0.1) is 10.2 Å². The van der Waals surface area contributed by atoms with E-state index in [4.69, 9.17) is 10.6 Å². The van der Waals surface area contributed by atoms with E-state index in [2.05, 4.69) is 31.0 Å². The molecular weight excluding hydrogens is 448 g/mol. The zero-order valence-corrected chi connectivity index (χ0v) is 18.9. The molecule has 2 aromatic heterocycles. The Morgan fingerprint density at radius 3 is 2.91 bits per heavy atom. The van der Waals surface area contributed by atoms with Crippen molar-refractivity contribution in [2.24, 2.45) is 5.10 Å². The normalized spacial score (nSPS) is 11.5. The molecule has 4 N–H and O–H groups in total. The first kappa shape index (κ1) is 21.6. The lowest BCUT2D eigenvalue weighted by atomic mass is 10.1. The van der Waals surface area contributed by atoms with Crippen molar-refractivity contribution in [1.29, 1.82) is 0 Å². The number of para-hydroxylation sites is 1. The highest BCUT2D eigenvalue weighted by molar-refractivity contribution is 7.99. The van der Waals surface area contributed by atoms with Gasteiger partial charge >= 0.3 is 0 Å². The number of nitrogens with one attached hydrogen (secondary N) is 2. The second-order valence-electron chi connectivity index (χ2n) is 6.54. The van der Waals surface area contributed by atoms with Gasteiger partial charge in [0, 0.05) is 5.56 Å². The summed E-state index contributed by atoms with van der Waals surface area (Å²) in [5.74, 6) is 6.93. The molecule has 0 atom stereocenters. The summed E-state index contributed by atoms with van der Waals surface area (Å²) in [5, 5.41) is 16.0. The smallest absolute Gasteiger partial charge is 0.264 e. The van der Waals surface area contributed by atoms with Gasteiger partial charge in [-0.25, -0.2) is 15.1 Å². The van der Waals surface area contributed by atoms with Crippen molar-refractivity contribution >= 4 is 56.0 Å². The summed E-state index contributed by atoms with van der Waals surface area (Å²) in [7, 11) is 1.61. The van der Waals surface area contributed by atoms with Crippen LogP contribution in [-0.2, 0) is 4.79 Å². The number of amides is 1. The summed E-state index contributed by atoms with van der Waals surface area (Å²) in [4.78, 5) is 16.7. The minimum absolute atomic E-state index is 0.108. The molecule has 0 bridgehead atoms. The number of hydrogen-bond donors (Lipinski definition) is 3. The van der Waals surface area contributed by atoms with Gasteiger partial charge in [0.15, 0.2) is 5.13 Å². The molecule has 12 heteroatoms. The van der Waals surface area contributed by atoms with E-state index in [0.29, 0.717) is 10.3 Å².